The Labute approximate surface area is 135 Å². The van der Waals surface area contributed by atoms with E-state index in [-0.39, 0.29) is 11.8 Å². The number of nitrogens with two attached hydrogens (primary N) is 1. The molecule has 0 aromatic heterocycles. The molecular formula is C16H23N3O4. The lowest BCUT2D eigenvalue weighted by Gasteiger charge is -2.22. The van der Waals surface area contributed by atoms with E-state index in [4.69, 9.17) is 15.2 Å². The maximum Gasteiger partial charge on any atom is 0.249 e. The van der Waals surface area contributed by atoms with Gasteiger partial charge in [-0.05, 0) is 20.3 Å². The van der Waals surface area contributed by atoms with Gasteiger partial charge in [-0.2, -0.15) is 0 Å². The van der Waals surface area contributed by atoms with Crippen LogP contribution in [0.1, 0.15) is 20.3 Å². The zero-order valence-electron chi connectivity index (χ0n) is 13.9. The number of amides is 2. The minimum atomic E-state index is -1.02. The normalized spacial score (nSPS) is 18.0. The second-order valence-corrected chi connectivity index (χ2v) is 6.10. The fourth-order valence-electron chi connectivity index (χ4n) is 2.36. The first kappa shape index (κ1) is 17.1. The molecule has 126 valence electrons. The summed E-state index contributed by atoms with van der Waals surface area (Å²) in [4.78, 5) is 26.1. The van der Waals surface area contributed by atoms with E-state index in [1.165, 1.54) is 0 Å². The first-order chi connectivity index (χ1) is 10.8. The molecule has 0 radical (unpaired) electrons. The van der Waals surface area contributed by atoms with E-state index in [9.17, 15) is 9.59 Å². The number of ether oxygens (including phenoxy) is 2. The maximum atomic E-state index is 12.6. The number of nitrogens with zero attached hydrogens (tertiary/aromatic N) is 1. The Morgan fingerprint density at radius 2 is 1.83 bits per heavy atom. The van der Waals surface area contributed by atoms with Crippen molar-refractivity contribution in [2.75, 3.05) is 25.7 Å². The molecule has 2 rings (SSSR count). The van der Waals surface area contributed by atoms with Crippen LogP contribution in [0.2, 0.25) is 0 Å². The van der Waals surface area contributed by atoms with Crippen LogP contribution in [-0.4, -0.2) is 44.2 Å². The Hall–Kier alpha value is -2.28. The van der Waals surface area contributed by atoms with E-state index in [1.54, 1.807) is 51.2 Å². The summed E-state index contributed by atoms with van der Waals surface area (Å²) >= 11 is 0. The van der Waals surface area contributed by atoms with Gasteiger partial charge in [-0.3, -0.25) is 9.59 Å². The molecule has 1 fully saturated rings. The summed E-state index contributed by atoms with van der Waals surface area (Å²) in [7, 11) is 3.10. The molecule has 3 N–H and O–H groups in total. The molecule has 1 atom stereocenters. The number of nitrogens with one attached hydrogen (secondary N) is 1. The average Bonchev–Trinajstić information content (AvgIpc) is 2.86. The van der Waals surface area contributed by atoms with Crippen LogP contribution in [0.4, 0.5) is 5.69 Å². The van der Waals surface area contributed by atoms with Crippen molar-refractivity contribution in [1.29, 1.82) is 0 Å². The molecule has 1 aromatic carbocycles. The Morgan fingerprint density at radius 3 is 2.30 bits per heavy atom. The molecule has 7 heteroatoms. The second-order valence-electron chi connectivity index (χ2n) is 6.10. The predicted octanol–water partition coefficient (Wildman–Crippen LogP) is 0.663. The number of carbonyl (C=O) groups excluding carboxylic acids is 2. The van der Waals surface area contributed by atoms with Crippen LogP contribution in [0.3, 0.4) is 0 Å². The first-order valence-electron chi connectivity index (χ1n) is 7.40. The molecule has 1 heterocycles. The Bertz CT molecular complexity index is 588. The number of hydrogen-bond acceptors (Lipinski definition) is 5. The van der Waals surface area contributed by atoms with Crippen molar-refractivity contribution in [1.82, 2.24) is 5.32 Å². The highest BCUT2D eigenvalue weighted by atomic mass is 16.5. The molecule has 1 aromatic rings. The van der Waals surface area contributed by atoms with Crippen LogP contribution >= 0.6 is 0 Å². The predicted molar refractivity (Wildman–Crippen MR) is 86.7 cm³/mol. The third-order valence-corrected chi connectivity index (χ3v) is 3.74. The number of methoxy groups -OCH3 is 2. The molecule has 0 spiro atoms. The van der Waals surface area contributed by atoms with E-state index >= 15 is 0 Å². The topological polar surface area (TPSA) is 93.9 Å². The van der Waals surface area contributed by atoms with Gasteiger partial charge in [0.15, 0.2) is 0 Å². The van der Waals surface area contributed by atoms with Gasteiger partial charge in [0.25, 0.3) is 0 Å². The monoisotopic (exact) mass is 321 g/mol. The molecule has 0 aliphatic carbocycles. The first-order valence-corrected chi connectivity index (χ1v) is 7.40. The smallest absolute Gasteiger partial charge is 0.249 e. The Kier molecular flexibility index (Phi) is 4.79. The van der Waals surface area contributed by atoms with Gasteiger partial charge in [0.05, 0.1) is 25.4 Å². The molecule has 2 amide bonds. The maximum absolute atomic E-state index is 12.6. The minimum Gasteiger partial charge on any atom is -0.497 e. The number of hydrogen-bond donors (Lipinski definition) is 2. The van der Waals surface area contributed by atoms with Crippen molar-refractivity contribution >= 4 is 17.5 Å². The standard InChI is InChI=1S/C16H23N3O4/c1-16(2,17)15(21)18-13-5-6-19(14(13)20)10-7-11(22-3)9-12(8-10)23-4/h7-9,13H,5-6,17H2,1-4H3,(H,18,21). The molecule has 0 bridgehead atoms. The molecule has 7 nitrogen and oxygen atoms in total. The van der Waals surface area contributed by atoms with E-state index in [0.29, 0.717) is 30.2 Å². The number of benzene rings is 1. The van der Waals surface area contributed by atoms with E-state index in [0.717, 1.165) is 0 Å². The van der Waals surface area contributed by atoms with E-state index in [1.807, 2.05) is 0 Å². The summed E-state index contributed by atoms with van der Waals surface area (Å²) < 4.78 is 10.4. The summed E-state index contributed by atoms with van der Waals surface area (Å²) in [5.74, 6) is 0.685. The zero-order valence-corrected chi connectivity index (χ0v) is 13.9. The quantitative estimate of drug-likeness (QED) is 0.831. The van der Waals surface area contributed by atoms with Crippen LogP contribution in [-0.2, 0) is 9.59 Å². The zero-order chi connectivity index (χ0) is 17.2. The van der Waals surface area contributed by atoms with Crippen LogP contribution in [0, 0.1) is 0 Å². The highest BCUT2D eigenvalue weighted by molar-refractivity contribution is 6.02. The van der Waals surface area contributed by atoms with Crippen molar-refractivity contribution < 1.29 is 19.1 Å². The molecule has 1 aliphatic heterocycles. The molecule has 23 heavy (non-hydrogen) atoms. The van der Waals surface area contributed by atoms with Crippen LogP contribution in [0.5, 0.6) is 11.5 Å². The summed E-state index contributed by atoms with van der Waals surface area (Å²) in [5, 5.41) is 2.71. The third kappa shape index (κ3) is 3.73. The SMILES string of the molecule is COc1cc(OC)cc(N2CCC(NC(=O)C(C)(C)N)C2=O)c1. The van der Waals surface area contributed by atoms with Gasteiger partial charge in [-0.1, -0.05) is 0 Å². The lowest BCUT2D eigenvalue weighted by Crippen LogP contribution is -2.53. The molecule has 1 aliphatic rings. The van der Waals surface area contributed by atoms with Crippen LogP contribution < -0.4 is 25.4 Å². The van der Waals surface area contributed by atoms with Crippen LogP contribution in [0.15, 0.2) is 18.2 Å². The molecule has 0 saturated carbocycles. The average molecular weight is 321 g/mol. The number of carbonyl (C=O) groups is 2. The highest BCUT2D eigenvalue weighted by Crippen LogP contribution is 2.31. The van der Waals surface area contributed by atoms with Gasteiger partial charge in [0.1, 0.15) is 17.5 Å². The van der Waals surface area contributed by atoms with Gasteiger partial charge in [-0.15, -0.1) is 0 Å². The third-order valence-electron chi connectivity index (χ3n) is 3.74. The van der Waals surface area contributed by atoms with Crippen molar-refractivity contribution in [2.45, 2.75) is 31.8 Å². The molecular weight excluding hydrogens is 298 g/mol. The number of anilines is 1. The lowest BCUT2D eigenvalue weighted by atomic mass is 10.1. The van der Waals surface area contributed by atoms with Gasteiger partial charge in [0.2, 0.25) is 11.8 Å². The minimum absolute atomic E-state index is 0.169. The lowest BCUT2D eigenvalue weighted by molar-refractivity contribution is -0.129. The fourth-order valence-corrected chi connectivity index (χ4v) is 2.36. The van der Waals surface area contributed by atoms with Crippen molar-refractivity contribution in [3.8, 4) is 11.5 Å². The highest BCUT2D eigenvalue weighted by Gasteiger charge is 2.36. The second kappa shape index (κ2) is 6.45. The molecule has 1 unspecified atom stereocenters. The summed E-state index contributed by atoms with van der Waals surface area (Å²) in [6, 6.07) is 4.69. The molecule has 1 saturated heterocycles. The van der Waals surface area contributed by atoms with Crippen molar-refractivity contribution in [2.24, 2.45) is 5.73 Å². The fraction of sp³-hybridized carbons (Fsp3) is 0.500. The Balaban J connectivity index is 2.17. The van der Waals surface area contributed by atoms with Gasteiger partial charge in [-0.25, -0.2) is 0 Å². The van der Waals surface area contributed by atoms with Gasteiger partial charge in [0, 0.05) is 24.7 Å². The van der Waals surface area contributed by atoms with Crippen molar-refractivity contribution in [3.05, 3.63) is 18.2 Å². The van der Waals surface area contributed by atoms with Gasteiger partial charge < -0.3 is 25.4 Å². The van der Waals surface area contributed by atoms with E-state index < -0.39 is 11.6 Å². The largest absolute Gasteiger partial charge is 0.497 e. The Morgan fingerprint density at radius 1 is 1.26 bits per heavy atom. The van der Waals surface area contributed by atoms with E-state index in [2.05, 4.69) is 5.32 Å². The summed E-state index contributed by atoms with van der Waals surface area (Å²) in [6.45, 7) is 3.71. The number of rotatable bonds is 5. The van der Waals surface area contributed by atoms with Crippen LogP contribution in [0.25, 0.3) is 0 Å². The van der Waals surface area contributed by atoms with Crippen molar-refractivity contribution in [3.63, 3.8) is 0 Å². The summed E-state index contributed by atoms with van der Waals surface area (Å²) in [5.41, 5.74) is 5.41. The summed E-state index contributed by atoms with van der Waals surface area (Å²) in [6.07, 6.45) is 0.528. The van der Waals surface area contributed by atoms with Gasteiger partial charge >= 0.3 is 0 Å².